The minimum Gasteiger partial charge on any atom is -0.337 e. The van der Waals surface area contributed by atoms with Crippen molar-refractivity contribution in [2.75, 3.05) is 26.2 Å². The minimum absolute atomic E-state index is 0.0921. The molecular weight excluding hydrogens is 298 g/mol. The van der Waals surface area contributed by atoms with Gasteiger partial charge in [0.25, 0.3) is 5.91 Å². The molecule has 0 N–H and O–H groups in total. The average Bonchev–Trinajstić information content (AvgIpc) is 3.21. The zero-order valence-corrected chi connectivity index (χ0v) is 13.4. The lowest BCUT2D eigenvalue weighted by Gasteiger charge is -2.20. The van der Waals surface area contributed by atoms with Crippen LogP contribution in [0.1, 0.15) is 16.1 Å². The van der Waals surface area contributed by atoms with E-state index in [1.54, 1.807) is 5.51 Å². The van der Waals surface area contributed by atoms with E-state index in [4.69, 9.17) is 0 Å². The van der Waals surface area contributed by atoms with Crippen LogP contribution in [0.15, 0.2) is 23.3 Å². The summed E-state index contributed by atoms with van der Waals surface area (Å²) in [5, 5.41) is 6.06. The molecule has 7 heteroatoms. The maximum Gasteiger partial charge on any atom is 0.273 e. The van der Waals surface area contributed by atoms with Crippen LogP contribution >= 0.6 is 11.3 Å². The van der Waals surface area contributed by atoms with Crippen molar-refractivity contribution >= 4 is 17.2 Å². The molecule has 6 nitrogen and oxygen atoms in total. The van der Waals surface area contributed by atoms with Crippen LogP contribution in [0.5, 0.6) is 0 Å². The number of thiazole rings is 1. The number of aryl methyl sites for hydroxylation is 1. The van der Waals surface area contributed by atoms with Crippen LogP contribution in [0.25, 0.3) is 0 Å². The molecule has 0 saturated carbocycles. The second-order valence-electron chi connectivity index (χ2n) is 6.32. The molecule has 0 aliphatic carbocycles. The number of nitrogens with zero attached hydrogens (tertiary/aromatic N) is 5. The molecule has 4 heterocycles. The van der Waals surface area contributed by atoms with Gasteiger partial charge in [0.1, 0.15) is 5.69 Å². The van der Waals surface area contributed by atoms with Gasteiger partial charge in [-0.1, -0.05) is 0 Å². The third-order valence-corrected chi connectivity index (χ3v) is 5.25. The first-order chi connectivity index (χ1) is 10.7. The van der Waals surface area contributed by atoms with Gasteiger partial charge in [-0.15, -0.1) is 11.3 Å². The fraction of sp³-hybridized carbons (Fsp3) is 0.533. The predicted molar refractivity (Wildman–Crippen MR) is 83.5 cm³/mol. The highest BCUT2D eigenvalue weighted by Gasteiger charge is 2.41. The number of carbonyl (C=O) groups excluding carboxylic acids is 1. The van der Waals surface area contributed by atoms with Gasteiger partial charge in [0, 0.05) is 56.9 Å². The zero-order valence-electron chi connectivity index (χ0n) is 12.6. The summed E-state index contributed by atoms with van der Waals surface area (Å²) in [6.45, 7) is 4.83. The number of hydrogen-bond donors (Lipinski definition) is 0. The van der Waals surface area contributed by atoms with Gasteiger partial charge in [-0.2, -0.15) is 5.10 Å². The van der Waals surface area contributed by atoms with Crippen LogP contribution < -0.4 is 0 Å². The first-order valence-corrected chi connectivity index (χ1v) is 8.50. The van der Waals surface area contributed by atoms with Gasteiger partial charge >= 0.3 is 0 Å². The molecule has 2 aliphatic rings. The smallest absolute Gasteiger partial charge is 0.273 e. The first kappa shape index (κ1) is 13.9. The van der Waals surface area contributed by atoms with Crippen molar-refractivity contribution in [3.8, 4) is 0 Å². The van der Waals surface area contributed by atoms with Gasteiger partial charge in [-0.25, -0.2) is 4.98 Å². The topological polar surface area (TPSA) is 54.3 Å². The minimum atomic E-state index is 0.0921. The maximum absolute atomic E-state index is 12.4. The molecule has 2 saturated heterocycles. The monoisotopic (exact) mass is 317 g/mol. The molecule has 2 aromatic rings. The third kappa shape index (κ3) is 2.55. The first-order valence-electron chi connectivity index (χ1n) is 7.56. The molecule has 2 aliphatic heterocycles. The largest absolute Gasteiger partial charge is 0.337 e. The van der Waals surface area contributed by atoms with Crippen LogP contribution in [0.3, 0.4) is 0 Å². The third-order valence-electron chi connectivity index (χ3n) is 4.67. The van der Waals surface area contributed by atoms with Crippen LogP contribution in [-0.2, 0) is 13.6 Å². The second-order valence-corrected chi connectivity index (χ2v) is 7.04. The number of aromatic nitrogens is 3. The molecule has 1 amide bonds. The van der Waals surface area contributed by atoms with Crippen molar-refractivity contribution < 1.29 is 4.79 Å². The fourth-order valence-corrected chi connectivity index (χ4v) is 4.20. The molecule has 0 bridgehead atoms. The standard InChI is InChI=1S/C15H19N5OS/c1-18-3-11(2-17-18)4-19-5-12-7-20(8-13(12)6-19)15(21)14-9-22-10-16-14/h2-3,9-10,12-13H,4-8H2,1H3/t12-,13+. The summed E-state index contributed by atoms with van der Waals surface area (Å²) < 4.78 is 1.85. The average molecular weight is 317 g/mol. The molecule has 0 spiro atoms. The van der Waals surface area contributed by atoms with E-state index in [0.717, 1.165) is 32.7 Å². The highest BCUT2D eigenvalue weighted by atomic mass is 32.1. The normalized spacial score (nSPS) is 24.9. The zero-order chi connectivity index (χ0) is 15.1. The lowest BCUT2D eigenvalue weighted by molar-refractivity contribution is 0.0768. The number of amides is 1. The quantitative estimate of drug-likeness (QED) is 0.850. The molecule has 0 radical (unpaired) electrons. The summed E-state index contributed by atoms with van der Waals surface area (Å²) in [6, 6.07) is 0. The van der Waals surface area contributed by atoms with Crippen molar-refractivity contribution in [1.82, 2.24) is 24.6 Å². The second kappa shape index (κ2) is 5.48. The number of carbonyl (C=O) groups is 1. The lowest BCUT2D eigenvalue weighted by Crippen LogP contribution is -2.33. The predicted octanol–water partition coefficient (Wildman–Crippen LogP) is 1.08. The molecule has 22 heavy (non-hydrogen) atoms. The van der Waals surface area contributed by atoms with Crippen LogP contribution in [0.2, 0.25) is 0 Å². The number of hydrogen-bond acceptors (Lipinski definition) is 5. The highest BCUT2D eigenvalue weighted by molar-refractivity contribution is 7.07. The van der Waals surface area contributed by atoms with E-state index in [-0.39, 0.29) is 5.91 Å². The summed E-state index contributed by atoms with van der Waals surface area (Å²) in [5.74, 6) is 1.29. The molecule has 2 aromatic heterocycles. The molecule has 116 valence electrons. The molecule has 0 aromatic carbocycles. The SMILES string of the molecule is Cn1cc(CN2C[C@@H]3CN(C(=O)c4cscn4)C[C@@H]3C2)cn1. The Morgan fingerprint density at radius 2 is 2.09 bits per heavy atom. The van der Waals surface area contributed by atoms with Crippen molar-refractivity contribution in [3.63, 3.8) is 0 Å². The summed E-state index contributed by atoms with van der Waals surface area (Å²) in [7, 11) is 1.95. The molecule has 2 fully saturated rings. The van der Waals surface area contributed by atoms with Crippen LogP contribution in [-0.4, -0.2) is 56.7 Å². The Balaban J connectivity index is 1.35. The fourth-order valence-electron chi connectivity index (χ4n) is 3.68. The maximum atomic E-state index is 12.4. The van der Waals surface area contributed by atoms with E-state index < -0.39 is 0 Å². The van der Waals surface area contributed by atoms with Gasteiger partial charge in [0.15, 0.2) is 0 Å². The molecule has 0 unspecified atom stereocenters. The number of likely N-dealkylation sites (tertiary alicyclic amines) is 2. The Morgan fingerprint density at radius 1 is 1.32 bits per heavy atom. The van der Waals surface area contributed by atoms with Gasteiger partial charge in [-0.3, -0.25) is 14.4 Å². The van der Waals surface area contributed by atoms with Crippen LogP contribution in [0, 0.1) is 11.8 Å². The number of fused-ring (bicyclic) bond motifs is 1. The van der Waals surface area contributed by atoms with E-state index >= 15 is 0 Å². The van der Waals surface area contributed by atoms with Crippen LogP contribution in [0.4, 0.5) is 0 Å². The van der Waals surface area contributed by atoms with E-state index in [2.05, 4.69) is 21.2 Å². The van der Waals surface area contributed by atoms with Gasteiger partial charge in [0.2, 0.25) is 0 Å². The molecule has 4 rings (SSSR count). The highest BCUT2D eigenvalue weighted by Crippen LogP contribution is 2.32. The van der Waals surface area contributed by atoms with Crippen molar-refractivity contribution in [1.29, 1.82) is 0 Å². The van der Waals surface area contributed by atoms with E-state index in [1.165, 1.54) is 16.9 Å². The van der Waals surface area contributed by atoms with Crippen molar-refractivity contribution in [3.05, 3.63) is 34.5 Å². The van der Waals surface area contributed by atoms with E-state index in [1.807, 2.05) is 28.2 Å². The molecular formula is C15H19N5OS. The summed E-state index contributed by atoms with van der Waals surface area (Å²) in [4.78, 5) is 21.0. The van der Waals surface area contributed by atoms with Gasteiger partial charge in [-0.05, 0) is 11.8 Å². The lowest BCUT2D eigenvalue weighted by atomic mass is 10.0. The van der Waals surface area contributed by atoms with Gasteiger partial charge in [0.05, 0.1) is 11.7 Å². The number of rotatable bonds is 3. The van der Waals surface area contributed by atoms with E-state index in [9.17, 15) is 4.79 Å². The Labute approximate surface area is 133 Å². The van der Waals surface area contributed by atoms with E-state index in [0.29, 0.717) is 17.5 Å². The summed E-state index contributed by atoms with van der Waals surface area (Å²) in [5.41, 5.74) is 3.58. The Hall–Kier alpha value is -1.73. The Bertz CT molecular complexity index is 653. The molecule has 2 atom stereocenters. The van der Waals surface area contributed by atoms with Crippen molar-refractivity contribution in [2.45, 2.75) is 6.54 Å². The van der Waals surface area contributed by atoms with Gasteiger partial charge < -0.3 is 4.90 Å². The Morgan fingerprint density at radius 3 is 2.68 bits per heavy atom. The summed E-state index contributed by atoms with van der Waals surface area (Å²) >= 11 is 1.48. The Kier molecular flexibility index (Phi) is 3.46. The van der Waals surface area contributed by atoms with Crippen molar-refractivity contribution in [2.24, 2.45) is 18.9 Å². The summed E-state index contributed by atoms with van der Waals surface area (Å²) in [6.07, 6.45) is 4.01.